The van der Waals surface area contributed by atoms with E-state index < -0.39 is 5.60 Å². The normalized spacial score (nSPS) is 24.2. The van der Waals surface area contributed by atoms with Crippen LogP contribution in [0.1, 0.15) is 52.4 Å². The van der Waals surface area contributed by atoms with Crippen LogP contribution < -0.4 is 5.32 Å². The van der Waals surface area contributed by atoms with Gasteiger partial charge in [-0.3, -0.25) is 0 Å². The van der Waals surface area contributed by atoms with Gasteiger partial charge >= 0.3 is 0 Å². The van der Waals surface area contributed by atoms with Gasteiger partial charge in [-0.1, -0.05) is 32.6 Å². The van der Waals surface area contributed by atoms with E-state index in [1.807, 2.05) is 6.92 Å². The third kappa shape index (κ3) is 3.58. The Morgan fingerprint density at radius 2 is 1.79 bits per heavy atom. The first-order chi connectivity index (χ1) is 6.67. The van der Waals surface area contributed by atoms with Crippen LogP contribution in [0.4, 0.5) is 0 Å². The number of rotatable bonds is 4. The predicted molar refractivity (Wildman–Crippen MR) is 60.4 cm³/mol. The molecule has 1 atom stereocenters. The van der Waals surface area contributed by atoms with Gasteiger partial charge in [0.25, 0.3) is 0 Å². The van der Waals surface area contributed by atoms with Crippen molar-refractivity contribution in [1.82, 2.24) is 5.32 Å². The van der Waals surface area contributed by atoms with Crippen molar-refractivity contribution in [3.63, 3.8) is 0 Å². The molecule has 1 unspecified atom stereocenters. The second-order valence-corrected chi connectivity index (χ2v) is 4.83. The van der Waals surface area contributed by atoms with Gasteiger partial charge in [0.1, 0.15) is 0 Å². The topological polar surface area (TPSA) is 32.3 Å². The number of likely N-dealkylation sites (N-methyl/N-ethyl adjacent to an activating group) is 1. The maximum atomic E-state index is 10.3. The van der Waals surface area contributed by atoms with Crippen LogP contribution in [0, 0.1) is 5.92 Å². The molecule has 0 aromatic carbocycles. The summed E-state index contributed by atoms with van der Waals surface area (Å²) in [6, 6.07) is 0. The van der Waals surface area contributed by atoms with Gasteiger partial charge in [0.2, 0.25) is 0 Å². The third-order valence-corrected chi connectivity index (χ3v) is 3.47. The summed E-state index contributed by atoms with van der Waals surface area (Å²) in [6.45, 7) is 5.77. The summed E-state index contributed by atoms with van der Waals surface area (Å²) in [6.07, 6.45) is 7.72. The first-order valence-corrected chi connectivity index (χ1v) is 6.10. The average molecular weight is 199 g/mol. The molecule has 14 heavy (non-hydrogen) atoms. The van der Waals surface area contributed by atoms with Crippen molar-refractivity contribution >= 4 is 0 Å². The van der Waals surface area contributed by atoms with Gasteiger partial charge in [-0.05, 0) is 32.2 Å². The lowest BCUT2D eigenvalue weighted by molar-refractivity contribution is -0.00607. The molecule has 0 heterocycles. The number of hydrogen-bond acceptors (Lipinski definition) is 2. The van der Waals surface area contributed by atoms with Crippen LogP contribution in [0.3, 0.4) is 0 Å². The Labute approximate surface area is 88.1 Å². The van der Waals surface area contributed by atoms with Crippen LogP contribution in [0.15, 0.2) is 0 Å². The molecule has 1 rings (SSSR count). The Balaban J connectivity index is 2.41. The van der Waals surface area contributed by atoms with Crippen LogP contribution in [0.25, 0.3) is 0 Å². The monoisotopic (exact) mass is 199 g/mol. The fraction of sp³-hybridized carbons (Fsp3) is 1.00. The van der Waals surface area contributed by atoms with E-state index in [2.05, 4.69) is 12.2 Å². The lowest BCUT2D eigenvalue weighted by atomic mass is 9.83. The maximum Gasteiger partial charge on any atom is 0.0771 e. The highest BCUT2D eigenvalue weighted by molar-refractivity contribution is 4.85. The van der Waals surface area contributed by atoms with E-state index in [0.29, 0.717) is 5.92 Å². The fourth-order valence-corrected chi connectivity index (χ4v) is 2.42. The highest BCUT2D eigenvalue weighted by Crippen LogP contribution is 2.31. The second kappa shape index (κ2) is 5.72. The van der Waals surface area contributed by atoms with Gasteiger partial charge in [0.15, 0.2) is 0 Å². The molecule has 0 bridgehead atoms. The maximum absolute atomic E-state index is 10.3. The molecule has 84 valence electrons. The molecular weight excluding hydrogens is 174 g/mol. The molecule has 2 nitrogen and oxygen atoms in total. The van der Waals surface area contributed by atoms with E-state index in [-0.39, 0.29) is 0 Å². The van der Waals surface area contributed by atoms with E-state index >= 15 is 0 Å². The molecule has 0 spiro atoms. The summed E-state index contributed by atoms with van der Waals surface area (Å²) in [4.78, 5) is 0. The summed E-state index contributed by atoms with van der Waals surface area (Å²) >= 11 is 0. The fourth-order valence-electron chi connectivity index (χ4n) is 2.42. The zero-order valence-corrected chi connectivity index (χ0v) is 9.68. The Kier molecular flexibility index (Phi) is 4.90. The van der Waals surface area contributed by atoms with Crippen molar-refractivity contribution in [1.29, 1.82) is 0 Å². The molecular formula is C12H25NO. The molecule has 1 aliphatic rings. The van der Waals surface area contributed by atoms with Crippen molar-refractivity contribution in [3.05, 3.63) is 0 Å². The summed E-state index contributed by atoms with van der Waals surface area (Å²) in [5.41, 5.74) is -0.500. The molecule has 2 N–H and O–H groups in total. The average Bonchev–Trinajstić information content (AvgIpc) is 2.43. The SMILES string of the molecule is CCNCC(C)(O)C1CCCCCC1. The molecule has 0 aromatic heterocycles. The van der Waals surface area contributed by atoms with Crippen LogP contribution in [-0.4, -0.2) is 23.8 Å². The predicted octanol–water partition coefficient (Wildman–Crippen LogP) is 2.32. The molecule has 2 heteroatoms. The minimum atomic E-state index is -0.500. The molecule has 0 saturated heterocycles. The number of aliphatic hydroxyl groups is 1. The van der Waals surface area contributed by atoms with Gasteiger partial charge in [-0.2, -0.15) is 0 Å². The summed E-state index contributed by atoms with van der Waals surface area (Å²) in [5.74, 6) is 0.504. The van der Waals surface area contributed by atoms with Crippen molar-refractivity contribution in [2.75, 3.05) is 13.1 Å². The lowest BCUT2D eigenvalue weighted by Gasteiger charge is -2.32. The molecule has 0 aliphatic heterocycles. The van der Waals surface area contributed by atoms with Crippen molar-refractivity contribution in [2.45, 2.75) is 58.0 Å². The van der Waals surface area contributed by atoms with Crippen molar-refractivity contribution < 1.29 is 5.11 Å². The van der Waals surface area contributed by atoms with Crippen molar-refractivity contribution in [2.24, 2.45) is 5.92 Å². The van der Waals surface area contributed by atoms with Gasteiger partial charge in [0.05, 0.1) is 5.60 Å². The third-order valence-electron chi connectivity index (χ3n) is 3.47. The van der Waals surface area contributed by atoms with Gasteiger partial charge in [0, 0.05) is 6.54 Å². The Bertz CT molecular complexity index is 148. The first-order valence-electron chi connectivity index (χ1n) is 6.10. The van der Waals surface area contributed by atoms with E-state index in [4.69, 9.17) is 0 Å². The van der Waals surface area contributed by atoms with E-state index in [1.165, 1.54) is 38.5 Å². The largest absolute Gasteiger partial charge is 0.389 e. The highest BCUT2D eigenvalue weighted by atomic mass is 16.3. The van der Waals surface area contributed by atoms with Gasteiger partial charge < -0.3 is 10.4 Å². The summed E-state index contributed by atoms with van der Waals surface area (Å²) in [5, 5.41) is 13.6. The molecule has 1 saturated carbocycles. The Morgan fingerprint density at radius 3 is 2.29 bits per heavy atom. The second-order valence-electron chi connectivity index (χ2n) is 4.83. The minimum Gasteiger partial charge on any atom is -0.389 e. The molecule has 1 fully saturated rings. The zero-order valence-electron chi connectivity index (χ0n) is 9.68. The lowest BCUT2D eigenvalue weighted by Crippen LogP contribution is -2.44. The number of hydrogen-bond donors (Lipinski definition) is 2. The van der Waals surface area contributed by atoms with E-state index in [9.17, 15) is 5.11 Å². The van der Waals surface area contributed by atoms with E-state index in [1.54, 1.807) is 0 Å². The number of nitrogens with one attached hydrogen (secondary N) is 1. The minimum absolute atomic E-state index is 0.500. The van der Waals surface area contributed by atoms with Crippen LogP contribution >= 0.6 is 0 Å². The smallest absolute Gasteiger partial charge is 0.0771 e. The van der Waals surface area contributed by atoms with Crippen molar-refractivity contribution in [3.8, 4) is 0 Å². The summed E-state index contributed by atoms with van der Waals surface area (Å²) < 4.78 is 0. The molecule has 0 amide bonds. The molecule has 0 aromatic rings. The Morgan fingerprint density at radius 1 is 1.21 bits per heavy atom. The Hall–Kier alpha value is -0.0800. The standard InChI is InChI=1S/C12H25NO/c1-3-13-10-12(2,14)11-8-6-4-5-7-9-11/h11,13-14H,3-10H2,1-2H3. The van der Waals surface area contributed by atoms with E-state index in [0.717, 1.165) is 13.1 Å². The summed E-state index contributed by atoms with van der Waals surface area (Å²) in [7, 11) is 0. The van der Waals surface area contributed by atoms with Gasteiger partial charge in [-0.15, -0.1) is 0 Å². The zero-order chi connectivity index (χ0) is 10.4. The first kappa shape index (κ1) is 12.0. The van der Waals surface area contributed by atoms with Gasteiger partial charge in [-0.25, -0.2) is 0 Å². The van der Waals surface area contributed by atoms with Crippen LogP contribution in [0.2, 0.25) is 0 Å². The molecule has 1 aliphatic carbocycles. The van der Waals surface area contributed by atoms with Crippen LogP contribution in [-0.2, 0) is 0 Å². The van der Waals surface area contributed by atoms with Crippen LogP contribution in [0.5, 0.6) is 0 Å². The molecule has 0 radical (unpaired) electrons. The highest BCUT2D eigenvalue weighted by Gasteiger charge is 2.31. The quantitative estimate of drug-likeness (QED) is 0.681.